The standard InChI is InChI=1S/C21H27NO5S/c1-13(2)17-12-18(14(3)10-20(17)25-5)15(4)22-28(23,24)16-6-7-19-21(11-16)27-9-8-26-19/h6-7,10-13,15,22H,8-9H2,1-5H3. The van der Waals surface area contributed by atoms with Crippen molar-refractivity contribution < 1.29 is 22.6 Å². The number of fused-ring (bicyclic) bond motifs is 1. The summed E-state index contributed by atoms with van der Waals surface area (Å²) in [6.07, 6.45) is 0. The third-order valence-electron chi connectivity index (χ3n) is 4.86. The van der Waals surface area contributed by atoms with Gasteiger partial charge in [0.15, 0.2) is 11.5 Å². The summed E-state index contributed by atoms with van der Waals surface area (Å²) in [5.74, 6) is 2.09. The topological polar surface area (TPSA) is 73.9 Å². The monoisotopic (exact) mass is 405 g/mol. The highest BCUT2D eigenvalue weighted by Gasteiger charge is 2.23. The van der Waals surface area contributed by atoms with Crippen molar-refractivity contribution in [2.45, 2.75) is 44.6 Å². The predicted octanol–water partition coefficient (Wildman–Crippen LogP) is 3.94. The van der Waals surface area contributed by atoms with E-state index in [2.05, 4.69) is 18.6 Å². The number of aryl methyl sites for hydroxylation is 1. The molecule has 1 heterocycles. The van der Waals surface area contributed by atoms with Gasteiger partial charge in [-0.15, -0.1) is 0 Å². The minimum Gasteiger partial charge on any atom is -0.496 e. The molecule has 0 bridgehead atoms. The third-order valence-corrected chi connectivity index (χ3v) is 6.40. The number of rotatable bonds is 6. The summed E-state index contributed by atoms with van der Waals surface area (Å²) >= 11 is 0. The molecule has 6 nitrogen and oxygen atoms in total. The van der Waals surface area contributed by atoms with Crippen molar-refractivity contribution in [1.29, 1.82) is 0 Å². The highest BCUT2D eigenvalue weighted by atomic mass is 32.2. The number of sulfonamides is 1. The molecule has 0 amide bonds. The van der Waals surface area contributed by atoms with Gasteiger partial charge in [-0.3, -0.25) is 0 Å². The van der Waals surface area contributed by atoms with Gasteiger partial charge in [-0.25, -0.2) is 13.1 Å². The van der Waals surface area contributed by atoms with E-state index in [-0.39, 0.29) is 10.8 Å². The van der Waals surface area contributed by atoms with Crippen LogP contribution in [0.15, 0.2) is 35.2 Å². The number of hydrogen-bond donors (Lipinski definition) is 1. The summed E-state index contributed by atoms with van der Waals surface area (Å²) in [5.41, 5.74) is 2.94. The van der Waals surface area contributed by atoms with E-state index in [1.165, 1.54) is 12.1 Å². The van der Waals surface area contributed by atoms with Crippen LogP contribution in [0.3, 0.4) is 0 Å². The lowest BCUT2D eigenvalue weighted by Gasteiger charge is -2.22. The summed E-state index contributed by atoms with van der Waals surface area (Å²) in [4.78, 5) is 0.152. The van der Waals surface area contributed by atoms with Gasteiger partial charge in [-0.1, -0.05) is 13.8 Å². The molecule has 0 spiro atoms. The van der Waals surface area contributed by atoms with Crippen LogP contribution in [0.5, 0.6) is 17.2 Å². The molecule has 0 fully saturated rings. The van der Waals surface area contributed by atoms with Crippen LogP contribution in [0.25, 0.3) is 0 Å². The fourth-order valence-corrected chi connectivity index (χ4v) is 4.60. The second-order valence-corrected chi connectivity index (χ2v) is 8.97. The summed E-state index contributed by atoms with van der Waals surface area (Å²) in [7, 11) is -2.08. The van der Waals surface area contributed by atoms with E-state index in [9.17, 15) is 8.42 Å². The largest absolute Gasteiger partial charge is 0.496 e. The first-order valence-corrected chi connectivity index (χ1v) is 10.8. The average Bonchev–Trinajstić information content (AvgIpc) is 2.66. The van der Waals surface area contributed by atoms with E-state index < -0.39 is 16.1 Å². The summed E-state index contributed by atoms with van der Waals surface area (Å²) in [5, 5.41) is 0. The van der Waals surface area contributed by atoms with Crippen molar-refractivity contribution >= 4 is 10.0 Å². The van der Waals surface area contributed by atoms with Crippen molar-refractivity contribution in [2.24, 2.45) is 0 Å². The molecule has 1 aliphatic heterocycles. The van der Waals surface area contributed by atoms with Crippen LogP contribution in [-0.4, -0.2) is 28.7 Å². The number of ether oxygens (including phenoxy) is 3. The molecule has 3 rings (SSSR count). The van der Waals surface area contributed by atoms with E-state index in [0.717, 1.165) is 22.4 Å². The Bertz CT molecular complexity index is 969. The van der Waals surface area contributed by atoms with E-state index in [1.54, 1.807) is 13.2 Å². The van der Waals surface area contributed by atoms with E-state index >= 15 is 0 Å². The minimum absolute atomic E-state index is 0.152. The average molecular weight is 406 g/mol. The molecule has 28 heavy (non-hydrogen) atoms. The molecule has 1 aliphatic rings. The van der Waals surface area contributed by atoms with Crippen LogP contribution in [0, 0.1) is 6.92 Å². The van der Waals surface area contributed by atoms with Gasteiger partial charge in [0.25, 0.3) is 0 Å². The molecular formula is C21H27NO5S. The Hall–Kier alpha value is -2.25. The van der Waals surface area contributed by atoms with E-state index in [1.807, 2.05) is 26.0 Å². The molecule has 2 aromatic rings. The number of nitrogens with one attached hydrogen (secondary N) is 1. The lowest BCUT2D eigenvalue weighted by molar-refractivity contribution is 0.171. The maximum absolute atomic E-state index is 12.9. The van der Waals surface area contributed by atoms with Gasteiger partial charge in [0.1, 0.15) is 19.0 Å². The van der Waals surface area contributed by atoms with Gasteiger partial charge >= 0.3 is 0 Å². The molecule has 2 aromatic carbocycles. The van der Waals surface area contributed by atoms with Gasteiger partial charge in [-0.2, -0.15) is 0 Å². The summed E-state index contributed by atoms with van der Waals surface area (Å²) in [6, 6.07) is 8.24. The quantitative estimate of drug-likeness (QED) is 0.788. The molecule has 1 unspecified atom stereocenters. The summed E-state index contributed by atoms with van der Waals surface area (Å²) in [6.45, 7) is 8.83. The predicted molar refractivity (Wildman–Crippen MR) is 108 cm³/mol. The number of benzene rings is 2. The highest BCUT2D eigenvalue weighted by molar-refractivity contribution is 7.89. The SMILES string of the molecule is COc1cc(C)c(C(C)NS(=O)(=O)c2ccc3c(c2)OCCO3)cc1C(C)C. The zero-order valence-corrected chi connectivity index (χ0v) is 17.7. The second kappa shape index (κ2) is 8.01. The molecule has 0 saturated heterocycles. The Balaban J connectivity index is 1.89. The first-order chi connectivity index (χ1) is 13.2. The Kier molecular flexibility index (Phi) is 5.86. The summed E-state index contributed by atoms with van der Waals surface area (Å²) < 4.78 is 45.1. The Morgan fingerprint density at radius 3 is 2.32 bits per heavy atom. The maximum Gasteiger partial charge on any atom is 0.241 e. The van der Waals surface area contributed by atoms with Crippen LogP contribution in [0.4, 0.5) is 0 Å². The smallest absolute Gasteiger partial charge is 0.241 e. The van der Waals surface area contributed by atoms with Crippen molar-refractivity contribution in [3.8, 4) is 17.2 Å². The molecule has 0 saturated carbocycles. The molecule has 152 valence electrons. The lowest BCUT2D eigenvalue weighted by atomic mass is 9.94. The minimum atomic E-state index is -3.72. The first kappa shape index (κ1) is 20.5. The Morgan fingerprint density at radius 1 is 1.00 bits per heavy atom. The zero-order chi connectivity index (χ0) is 20.5. The first-order valence-electron chi connectivity index (χ1n) is 9.33. The molecule has 1 N–H and O–H groups in total. The van der Waals surface area contributed by atoms with Crippen LogP contribution in [0.1, 0.15) is 49.4 Å². The van der Waals surface area contributed by atoms with Crippen LogP contribution in [-0.2, 0) is 10.0 Å². The second-order valence-electron chi connectivity index (χ2n) is 7.25. The molecule has 7 heteroatoms. The molecular weight excluding hydrogens is 378 g/mol. The van der Waals surface area contributed by atoms with Gasteiger partial charge in [0.2, 0.25) is 10.0 Å². The van der Waals surface area contributed by atoms with Gasteiger partial charge in [-0.05, 0) is 60.7 Å². The fourth-order valence-electron chi connectivity index (χ4n) is 3.37. The Labute approximate surface area is 166 Å². The lowest BCUT2D eigenvalue weighted by Crippen LogP contribution is -2.27. The number of methoxy groups -OCH3 is 1. The number of hydrogen-bond acceptors (Lipinski definition) is 5. The fraction of sp³-hybridized carbons (Fsp3) is 0.429. The van der Waals surface area contributed by atoms with Gasteiger partial charge in [0.05, 0.1) is 12.0 Å². The third kappa shape index (κ3) is 4.10. The van der Waals surface area contributed by atoms with Crippen LogP contribution in [0.2, 0.25) is 0 Å². The molecule has 0 aliphatic carbocycles. The van der Waals surface area contributed by atoms with Crippen molar-refractivity contribution in [3.05, 3.63) is 47.0 Å². The van der Waals surface area contributed by atoms with Gasteiger partial charge in [0, 0.05) is 12.1 Å². The molecule has 0 radical (unpaired) electrons. The van der Waals surface area contributed by atoms with E-state index in [0.29, 0.717) is 24.7 Å². The van der Waals surface area contributed by atoms with Crippen molar-refractivity contribution in [1.82, 2.24) is 4.72 Å². The molecule has 1 atom stereocenters. The molecule has 0 aromatic heterocycles. The van der Waals surface area contributed by atoms with Gasteiger partial charge < -0.3 is 14.2 Å². The van der Waals surface area contributed by atoms with Crippen LogP contribution >= 0.6 is 0 Å². The van der Waals surface area contributed by atoms with Crippen molar-refractivity contribution in [2.75, 3.05) is 20.3 Å². The maximum atomic E-state index is 12.9. The normalized spacial score (nSPS) is 14.8. The van der Waals surface area contributed by atoms with Crippen LogP contribution < -0.4 is 18.9 Å². The Morgan fingerprint density at radius 2 is 1.68 bits per heavy atom. The highest BCUT2D eigenvalue weighted by Crippen LogP contribution is 2.34. The van der Waals surface area contributed by atoms with Crippen molar-refractivity contribution in [3.63, 3.8) is 0 Å². The van der Waals surface area contributed by atoms with E-state index in [4.69, 9.17) is 14.2 Å². The zero-order valence-electron chi connectivity index (χ0n) is 16.9.